The lowest BCUT2D eigenvalue weighted by atomic mass is 9.88. The molecular formula is C20H25F5N2O5. The zero-order valence-electron chi connectivity index (χ0n) is 18.4. The van der Waals surface area contributed by atoms with E-state index in [1.165, 1.54) is 0 Å². The monoisotopic (exact) mass is 468 g/mol. The van der Waals surface area contributed by atoms with Crippen LogP contribution in [0.25, 0.3) is 0 Å². The van der Waals surface area contributed by atoms with E-state index in [0.717, 1.165) is 0 Å². The van der Waals surface area contributed by atoms with Crippen LogP contribution in [0.4, 0.5) is 26.7 Å². The van der Waals surface area contributed by atoms with Gasteiger partial charge in [-0.1, -0.05) is 20.8 Å². The van der Waals surface area contributed by atoms with E-state index in [-0.39, 0.29) is 6.42 Å². The first-order valence-electron chi connectivity index (χ1n) is 9.42. The van der Waals surface area contributed by atoms with Crippen LogP contribution in [0.2, 0.25) is 0 Å². The van der Waals surface area contributed by atoms with E-state index in [1.807, 2.05) is 0 Å². The Morgan fingerprint density at radius 2 is 1.31 bits per heavy atom. The van der Waals surface area contributed by atoms with E-state index < -0.39 is 76.4 Å². The lowest BCUT2D eigenvalue weighted by molar-refractivity contribution is -0.136. The standard InChI is InChI=1S/C20H25F5N2O5/c1-19(2,3)7-9(27-18(30)32-20(4,5)6)17(29)26-8-10(28)31-16-14(24)12(22)11(21)13(23)15(16)25/h9H,7-8H2,1-6H3,(H,26,29)(H,27,30)/t9-/m0/s1. The fourth-order valence-corrected chi connectivity index (χ4v) is 2.38. The molecule has 2 N–H and O–H groups in total. The van der Waals surface area contributed by atoms with Crippen molar-refractivity contribution in [3.8, 4) is 5.75 Å². The molecule has 0 aliphatic carbocycles. The van der Waals surface area contributed by atoms with Crippen molar-refractivity contribution in [3.63, 3.8) is 0 Å². The second-order valence-corrected chi connectivity index (χ2v) is 9.05. The molecule has 0 spiro atoms. The minimum atomic E-state index is -2.41. The number of nitrogens with one attached hydrogen (secondary N) is 2. The molecule has 0 aliphatic rings. The first kappa shape index (κ1) is 27.1. The molecule has 32 heavy (non-hydrogen) atoms. The van der Waals surface area contributed by atoms with Gasteiger partial charge in [0.2, 0.25) is 40.7 Å². The Bertz CT molecular complexity index is 865. The summed E-state index contributed by atoms with van der Waals surface area (Å²) >= 11 is 0. The summed E-state index contributed by atoms with van der Waals surface area (Å²) in [5.41, 5.74) is -1.29. The highest BCUT2D eigenvalue weighted by Crippen LogP contribution is 2.29. The van der Waals surface area contributed by atoms with Gasteiger partial charge in [0.25, 0.3) is 0 Å². The molecule has 0 aromatic heterocycles. The number of carbonyl (C=O) groups excluding carboxylic acids is 3. The molecule has 0 aliphatic heterocycles. The van der Waals surface area contributed by atoms with Crippen LogP contribution in [-0.4, -0.2) is 36.2 Å². The number of alkyl carbamates (subject to hydrolysis) is 1. The van der Waals surface area contributed by atoms with E-state index in [0.29, 0.717) is 0 Å². The molecule has 2 amide bonds. The summed E-state index contributed by atoms with van der Waals surface area (Å²) in [4.78, 5) is 36.3. The highest BCUT2D eigenvalue weighted by atomic mass is 19.2. The normalized spacial score (nSPS) is 12.7. The third-order valence-electron chi connectivity index (χ3n) is 3.62. The Labute approximate surface area is 181 Å². The number of hydrogen-bond acceptors (Lipinski definition) is 5. The largest absolute Gasteiger partial charge is 0.444 e. The van der Waals surface area contributed by atoms with Crippen molar-refractivity contribution in [1.82, 2.24) is 10.6 Å². The van der Waals surface area contributed by atoms with Gasteiger partial charge in [0.1, 0.15) is 18.2 Å². The third kappa shape index (κ3) is 7.97. The Balaban J connectivity index is 2.88. The summed E-state index contributed by atoms with van der Waals surface area (Å²) in [7, 11) is 0. The first-order chi connectivity index (χ1) is 14.4. The summed E-state index contributed by atoms with van der Waals surface area (Å²) in [5.74, 6) is -15.8. The van der Waals surface area contributed by atoms with Crippen molar-refractivity contribution in [1.29, 1.82) is 0 Å². The Morgan fingerprint density at radius 1 is 0.844 bits per heavy atom. The van der Waals surface area contributed by atoms with E-state index in [9.17, 15) is 36.3 Å². The minimum Gasteiger partial charge on any atom is -0.444 e. The van der Waals surface area contributed by atoms with Crippen LogP contribution in [-0.2, 0) is 14.3 Å². The van der Waals surface area contributed by atoms with Crippen molar-refractivity contribution in [2.75, 3.05) is 6.54 Å². The predicted molar refractivity (Wildman–Crippen MR) is 102 cm³/mol. The Kier molecular flexibility index (Phi) is 8.59. The van der Waals surface area contributed by atoms with Crippen LogP contribution >= 0.6 is 0 Å². The van der Waals surface area contributed by atoms with E-state index in [1.54, 1.807) is 41.5 Å². The third-order valence-corrected chi connectivity index (χ3v) is 3.62. The van der Waals surface area contributed by atoms with Crippen LogP contribution in [0.15, 0.2) is 0 Å². The van der Waals surface area contributed by atoms with Gasteiger partial charge in [-0.2, -0.15) is 8.78 Å². The highest BCUT2D eigenvalue weighted by Gasteiger charge is 2.31. The van der Waals surface area contributed by atoms with Gasteiger partial charge in [0.05, 0.1) is 0 Å². The summed E-state index contributed by atoms with van der Waals surface area (Å²) in [6, 6.07) is -1.16. The quantitative estimate of drug-likeness (QED) is 0.218. The molecular weight excluding hydrogens is 443 g/mol. The average molecular weight is 468 g/mol. The molecule has 0 saturated heterocycles. The van der Waals surface area contributed by atoms with Crippen molar-refractivity contribution < 1.29 is 45.8 Å². The number of amides is 2. The number of hydrogen-bond donors (Lipinski definition) is 2. The molecule has 1 aromatic carbocycles. The second kappa shape index (κ2) is 10.1. The lowest BCUT2D eigenvalue weighted by Crippen LogP contribution is -2.50. The average Bonchev–Trinajstić information content (AvgIpc) is 2.63. The molecule has 0 unspecified atom stereocenters. The molecule has 0 radical (unpaired) electrons. The van der Waals surface area contributed by atoms with E-state index in [4.69, 9.17) is 4.74 Å². The number of halogens is 5. The maximum atomic E-state index is 13.6. The second-order valence-electron chi connectivity index (χ2n) is 9.05. The fraction of sp³-hybridized carbons (Fsp3) is 0.550. The lowest BCUT2D eigenvalue weighted by Gasteiger charge is -2.27. The number of ether oxygens (including phenoxy) is 2. The maximum Gasteiger partial charge on any atom is 0.408 e. The molecule has 7 nitrogen and oxygen atoms in total. The van der Waals surface area contributed by atoms with E-state index >= 15 is 0 Å². The van der Waals surface area contributed by atoms with Crippen molar-refractivity contribution in [3.05, 3.63) is 29.1 Å². The fourth-order valence-electron chi connectivity index (χ4n) is 2.38. The summed E-state index contributed by atoms with van der Waals surface area (Å²) in [6.45, 7) is 9.20. The first-order valence-corrected chi connectivity index (χ1v) is 9.42. The summed E-state index contributed by atoms with van der Waals surface area (Å²) < 4.78 is 76.0. The maximum absolute atomic E-state index is 13.6. The van der Waals surface area contributed by atoms with Crippen LogP contribution < -0.4 is 15.4 Å². The van der Waals surface area contributed by atoms with Gasteiger partial charge in [-0.05, 0) is 32.6 Å². The molecule has 0 fully saturated rings. The predicted octanol–water partition coefficient (Wildman–Crippen LogP) is 3.73. The summed E-state index contributed by atoms with van der Waals surface area (Å²) in [6.07, 6.45) is -0.781. The van der Waals surface area contributed by atoms with Gasteiger partial charge >= 0.3 is 12.1 Å². The smallest absolute Gasteiger partial charge is 0.408 e. The van der Waals surface area contributed by atoms with Gasteiger partial charge in [-0.3, -0.25) is 4.79 Å². The zero-order valence-corrected chi connectivity index (χ0v) is 18.4. The summed E-state index contributed by atoms with van der Waals surface area (Å²) in [5, 5.41) is 4.44. The number of carbonyl (C=O) groups is 3. The van der Waals surface area contributed by atoms with Gasteiger partial charge in [-0.15, -0.1) is 0 Å². The van der Waals surface area contributed by atoms with Crippen molar-refractivity contribution in [2.24, 2.45) is 5.41 Å². The van der Waals surface area contributed by atoms with Gasteiger partial charge in [0, 0.05) is 0 Å². The molecule has 1 rings (SSSR count). The number of rotatable bonds is 6. The number of esters is 1. The van der Waals surface area contributed by atoms with Gasteiger partial charge < -0.3 is 20.1 Å². The molecule has 0 saturated carbocycles. The molecule has 180 valence electrons. The molecule has 12 heteroatoms. The van der Waals surface area contributed by atoms with Crippen LogP contribution in [0.1, 0.15) is 48.0 Å². The van der Waals surface area contributed by atoms with Crippen LogP contribution in [0, 0.1) is 34.5 Å². The number of benzene rings is 1. The molecule has 1 aromatic rings. The Morgan fingerprint density at radius 3 is 1.75 bits per heavy atom. The van der Waals surface area contributed by atoms with Crippen molar-refractivity contribution in [2.45, 2.75) is 59.6 Å². The van der Waals surface area contributed by atoms with Crippen molar-refractivity contribution >= 4 is 18.0 Å². The SMILES string of the molecule is CC(C)(C)C[C@H](NC(=O)OC(C)(C)C)C(=O)NCC(=O)Oc1c(F)c(F)c(F)c(F)c1F. The van der Waals surface area contributed by atoms with Crippen LogP contribution in [0.5, 0.6) is 5.75 Å². The van der Waals surface area contributed by atoms with Crippen LogP contribution in [0.3, 0.4) is 0 Å². The van der Waals surface area contributed by atoms with Gasteiger partial charge in [-0.25, -0.2) is 22.8 Å². The van der Waals surface area contributed by atoms with E-state index in [2.05, 4.69) is 15.4 Å². The minimum absolute atomic E-state index is 0.116. The Hall–Kier alpha value is -2.92. The highest BCUT2D eigenvalue weighted by molar-refractivity contribution is 5.88. The van der Waals surface area contributed by atoms with Gasteiger partial charge in [0.15, 0.2) is 0 Å². The topological polar surface area (TPSA) is 93.7 Å². The molecule has 1 atom stereocenters. The zero-order chi connectivity index (χ0) is 25.0. The molecule has 0 bridgehead atoms. The molecule has 0 heterocycles.